The lowest BCUT2D eigenvalue weighted by atomic mass is 10.1. The van der Waals surface area contributed by atoms with Crippen LogP contribution in [0.5, 0.6) is 11.5 Å². The molecule has 9 nitrogen and oxygen atoms in total. The van der Waals surface area contributed by atoms with Gasteiger partial charge in [-0.1, -0.05) is 66.7 Å². The first-order chi connectivity index (χ1) is 24.4. The predicted octanol–water partition coefficient (Wildman–Crippen LogP) is 8.07. The minimum Gasteiger partial charge on any atom is -0.497 e. The van der Waals surface area contributed by atoms with Gasteiger partial charge in [0.25, 0.3) is 11.8 Å². The third kappa shape index (κ3) is 8.05. The Morgan fingerprint density at radius 3 is 2.18 bits per heavy atom. The Morgan fingerprint density at radius 1 is 0.760 bits per heavy atom. The molecule has 10 heteroatoms. The van der Waals surface area contributed by atoms with Crippen LogP contribution in [0.4, 0.5) is 11.4 Å². The van der Waals surface area contributed by atoms with Gasteiger partial charge in [-0.3, -0.25) is 14.4 Å². The molecule has 4 N–H and O–H groups in total. The maximum absolute atomic E-state index is 13.7. The number of amides is 3. The minimum absolute atomic E-state index is 0.0795. The molecule has 0 fully saturated rings. The van der Waals surface area contributed by atoms with E-state index >= 15 is 0 Å². The molecule has 0 aliphatic heterocycles. The molecule has 1 atom stereocenters. The van der Waals surface area contributed by atoms with E-state index in [0.717, 1.165) is 26.9 Å². The maximum atomic E-state index is 13.7. The van der Waals surface area contributed by atoms with Gasteiger partial charge in [-0.05, 0) is 66.2 Å². The molecule has 0 saturated heterocycles. The average Bonchev–Trinajstić information content (AvgIpc) is 3.57. The summed E-state index contributed by atoms with van der Waals surface area (Å²) in [6, 6.07) is 38.3. The Hall–Kier alpha value is -6.26. The van der Waals surface area contributed by atoms with E-state index < -0.39 is 17.1 Å². The Kier molecular flexibility index (Phi) is 10.6. The monoisotopic (exact) mass is 682 g/mol. The Bertz CT molecular complexity index is 2150. The molecule has 0 aliphatic rings. The zero-order chi connectivity index (χ0) is 34.9. The number of hydrogen-bond acceptors (Lipinski definition) is 6. The van der Waals surface area contributed by atoms with Crippen molar-refractivity contribution in [2.24, 2.45) is 0 Å². The number of rotatable bonds is 12. The van der Waals surface area contributed by atoms with Gasteiger partial charge >= 0.3 is 0 Å². The van der Waals surface area contributed by atoms with Crippen LogP contribution in [0.3, 0.4) is 0 Å². The number of aromatic nitrogens is 1. The molecular weight excluding hydrogens is 649 g/mol. The van der Waals surface area contributed by atoms with Crippen LogP contribution < -0.4 is 25.4 Å². The van der Waals surface area contributed by atoms with Crippen molar-refractivity contribution < 1.29 is 23.9 Å². The van der Waals surface area contributed by atoms with E-state index in [9.17, 15) is 14.4 Å². The topological polar surface area (TPSA) is 122 Å². The van der Waals surface area contributed by atoms with E-state index in [-0.39, 0.29) is 11.6 Å². The van der Waals surface area contributed by atoms with E-state index in [2.05, 4.69) is 20.9 Å². The second-order valence-electron chi connectivity index (χ2n) is 11.1. The van der Waals surface area contributed by atoms with Gasteiger partial charge in [-0.15, -0.1) is 11.8 Å². The van der Waals surface area contributed by atoms with Gasteiger partial charge < -0.3 is 30.4 Å². The highest BCUT2D eigenvalue weighted by atomic mass is 32.2. The van der Waals surface area contributed by atoms with E-state index in [1.54, 1.807) is 81.1 Å². The molecule has 1 aromatic heterocycles. The number of anilines is 2. The third-order valence-electron chi connectivity index (χ3n) is 7.82. The lowest BCUT2D eigenvalue weighted by Gasteiger charge is -2.19. The van der Waals surface area contributed by atoms with Crippen molar-refractivity contribution in [1.82, 2.24) is 10.3 Å². The molecule has 250 valence electrons. The number of ether oxygens (including phenoxy) is 2. The summed E-state index contributed by atoms with van der Waals surface area (Å²) in [6.45, 7) is 0. The summed E-state index contributed by atoms with van der Waals surface area (Å²) in [5, 5.41) is 9.00. The van der Waals surface area contributed by atoms with Crippen molar-refractivity contribution >= 4 is 57.8 Å². The summed E-state index contributed by atoms with van der Waals surface area (Å²) < 4.78 is 10.8. The summed E-state index contributed by atoms with van der Waals surface area (Å²) in [6.07, 6.45) is 3.45. The van der Waals surface area contributed by atoms with E-state index in [4.69, 9.17) is 9.47 Å². The van der Waals surface area contributed by atoms with Gasteiger partial charge in [0.05, 0.1) is 19.9 Å². The van der Waals surface area contributed by atoms with Crippen LogP contribution in [-0.2, 0) is 9.59 Å². The maximum Gasteiger partial charge on any atom is 0.272 e. The number of benzene rings is 5. The highest BCUT2D eigenvalue weighted by Crippen LogP contribution is 2.38. The van der Waals surface area contributed by atoms with Crippen LogP contribution in [0, 0.1) is 0 Å². The number of aromatic amines is 1. The van der Waals surface area contributed by atoms with Gasteiger partial charge in [0, 0.05) is 44.9 Å². The Labute approximate surface area is 293 Å². The van der Waals surface area contributed by atoms with Crippen LogP contribution >= 0.6 is 11.8 Å². The molecule has 0 radical (unpaired) electrons. The lowest BCUT2D eigenvalue weighted by Crippen LogP contribution is -2.30. The molecular formula is C40H34N4O5S. The summed E-state index contributed by atoms with van der Waals surface area (Å²) in [5.41, 5.74) is 3.99. The van der Waals surface area contributed by atoms with Crippen molar-refractivity contribution in [3.63, 3.8) is 0 Å². The van der Waals surface area contributed by atoms with Gasteiger partial charge in [-0.25, -0.2) is 0 Å². The fraction of sp³-hybridized carbons (Fsp3) is 0.0750. The number of nitrogens with one attached hydrogen (secondary N) is 4. The van der Waals surface area contributed by atoms with Gasteiger partial charge in [0.1, 0.15) is 22.4 Å². The number of carbonyl (C=O) groups excluding carboxylic acids is 3. The Morgan fingerprint density at radius 2 is 1.46 bits per heavy atom. The van der Waals surface area contributed by atoms with Crippen LogP contribution in [0.2, 0.25) is 0 Å². The van der Waals surface area contributed by atoms with Gasteiger partial charge in [-0.2, -0.15) is 0 Å². The average molecular weight is 683 g/mol. The summed E-state index contributed by atoms with van der Waals surface area (Å²) in [7, 11) is 3.10. The number of para-hydroxylation sites is 1. The second-order valence-corrected chi connectivity index (χ2v) is 12.3. The first kappa shape index (κ1) is 33.6. The molecule has 6 aromatic rings. The van der Waals surface area contributed by atoms with Gasteiger partial charge in [0.15, 0.2) is 0 Å². The molecule has 0 spiro atoms. The van der Waals surface area contributed by atoms with Crippen LogP contribution in [-0.4, -0.2) is 36.9 Å². The summed E-state index contributed by atoms with van der Waals surface area (Å²) >= 11 is 1.37. The predicted molar refractivity (Wildman–Crippen MR) is 198 cm³/mol. The fourth-order valence-corrected chi connectivity index (χ4v) is 6.30. The molecule has 0 aliphatic carbocycles. The van der Waals surface area contributed by atoms with Crippen LogP contribution in [0.1, 0.15) is 26.7 Å². The SMILES string of the molecule is COc1ccc(OC)c(NC(=O)C(Sc2ccc(NC(=O)/C(=C/c3c[nH]c4ccccc34)NC(=O)c3ccccc3)cc2)c2ccccc2)c1. The summed E-state index contributed by atoms with van der Waals surface area (Å²) in [4.78, 5) is 44.5. The molecule has 5 aromatic carbocycles. The van der Waals surface area contributed by atoms with Crippen molar-refractivity contribution in [2.75, 3.05) is 24.9 Å². The largest absolute Gasteiger partial charge is 0.497 e. The van der Waals surface area contributed by atoms with Crippen LogP contribution in [0.15, 0.2) is 144 Å². The number of H-pyrrole nitrogens is 1. The highest BCUT2D eigenvalue weighted by Gasteiger charge is 2.24. The molecule has 0 bridgehead atoms. The quantitative estimate of drug-likeness (QED) is 0.0766. The second kappa shape index (κ2) is 15.8. The number of hydrogen-bond donors (Lipinski definition) is 4. The molecule has 6 rings (SSSR count). The van der Waals surface area contributed by atoms with Crippen molar-refractivity contribution in [2.45, 2.75) is 10.1 Å². The fourth-order valence-electron chi connectivity index (χ4n) is 5.27. The smallest absolute Gasteiger partial charge is 0.272 e. The minimum atomic E-state index is -0.605. The first-order valence-electron chi connectivity index (χ1n) is 15.7. The van der Waals surface area contributed by atoms with Gasteiger partial charge in [0.2, 0.25) is 5.91 Å². The van der Waals surface area contributed by atoms with Crippen LogP contribution in [0.25, 0.3) is 17.0 Å². The van der Waals surface area contributed by atoms with Crippen molar-refractivity contribution in [3.8, 4) is 11.5 Å². The number of methoxy groups -OCH3 is 2. The normalized spacial score (nSPS) is 11.8. The molecule has 50 heavy (non-hydrogen) atoms. The zero-order valence-electron chi connectivity index (χ0n) is 27.3. The Balaban J connectivity index is 1.22. The zero-order valence-corrected chi connectivity index (χ0v) is 28.1. The van der Waals surface area contributed by atoms with Crippen molar-refractivity contribution in [1.29, 1.82) is 0 Å². The number of carbonyl (C=O) groups is 3. The lowest BCUT2D eigenvalue weighted by molar-refractivity contribution is -0.116. The number of fused-ring (bicyclic) bond motifs is 1. The van der Waals surface area contributed by atoms with Crippen molar-refractivity contribution in [3.05, 3.63) is 156 Å². The summed E-state index contributed by atoms with van der Waals surface area (Å²) in [5.74, 6) is -0.0497. The standard InChI is InChI=1S/C40H34N4O5S/c1-48-30-19-22-36(49-2)34(24-30)43-40(47)37(26-11-5-3-6-12-26)50-31-20-17-29(18-21-31)42-39(46)35(44-38(45)27-13-7-4-8-14-27)23-28-25-41-33-16-10-9-15-32(28)33/h3-25,37,41H,1-2H3,(H,42,46)(H,43,47)(H,44,45)/b35-23-. The molecule has 1 heterocycles. The van der Waals surface area contributed by atoms with E-state index in [0.29, 0.717) is 28.4 Å². The molecule has 1 unspecified atom stereocenters. The molecule has 3 amide bonds. The molecule has 0 saturated carbocycles. The highest BCUT2D eigenvalue weighted by molar-refractivity contribution is 8.00. The number of thioether (sulfide) groups is 1. The van der Waals surface area contributed by atoms with E-state index in [1.807, 2.05) is 72.8 Å². The third-order valence-corrected chi connectivity index (χ3v) is 9.09. The first-order valence-corrected chi connectivity index (χ1v) is 16.6. The van der Waals surface area contributed by atoms with E-state index in [1.165, 1.54) is 11.8 Å².